The van der Waals surface area contributed by atoms with E-state index in [1.54, 1.807) is 109 Å². The fraction of sp³-hybridized carbons (Fsp3) is 0.0870. The van der Waals surface area contributed by atoms with Crippen molar-refractivity contribution in [3.05, 3.63) is 195 Å². The lowest BCUT2D eigenvalue weighted by Gasteiger charge is -2.16. The summed E-state index contributed by atoms with van der Waals surface area (Å²) in [6.07, 6.45) is 13.0. The third-order valence-corrected chi connectivity index (χ3v) is 9.45. The van der Waals surface area contributed by atoms with Crippen LogP contribution in [0.1, 0.15) is 15.9 Å². The molecule has 0 saturated heterocycles. The molecule has 67 heavy (non-hydrogen) atoms. The number of anilines is 7. The first-order chi connectivity index (χ1) is 32.2. The highest BCUT2D eigenvalue weighted by Crippen LogP contribution is 2.22. The van der Waals surface area contributed by atoms with Crippen molar-refractivity contribution in [3.63, 3.8) is 0 Å². The van der Waals surface area contributed by atoms with Crippen molar-refractivity contribution in [1.82, 2.24) is 39.9 Å². The topological polar surface area (TPSA) is 166 Å². The van der Waals surface area contributed by atoms with Crippen molar-refractivity contribution in [2.75, 3.05) is 48.2 Å². The van der Waals surface area contributed by atoms with E-state index in [0.717, 1.165) is 31.7 Å². The van der Waals surface area contributed by atoms with Gasteiger partial charge in [0.15, 0.2) is 6.29 Å². The Bertz CT molecular complexity index is 2680. The smallest absolute Gasteiger partial charge is 0.229 e. The molecule has 0 unspecified atom stereocenters. The first-order valence-electron chi connectivity index (χ1n) is 19.2. The zero-order valence-corrected chi connectivity index (χ0v) is 39.8. The highest BCUT2D eigenvalue weighted by atomic mass is 79.9. The number of nitrogens with zero attached hydrogens (tertiary/aromatic N) is 12. The Kier molecular flexibility index (Phi) is 21.1. The maximum absolute atomic E-state index is 12.8. The number of hydrogen-bond acceptors (Lipinski definition) is 14. The second-order valence-corrected chi connectivity index (χ2v) is 15.2. The first-order valence-corrected chi connectivity index (χ1v) is 21.2. The minimum atomic E-state index is -0.292. The first kappa shape index (κ1) is 52.2. The Balaban J connectivity index is 0.000000188. The molecule has 0 aliphatic carbocycles. The van der Waals surface area contributed by atoms with E-state index in [4.69, 9.17) is 16.9 Å². The monoisotopic (exact) mass is 1060 g/mol. The molecule has 4 heterocycles. The Hall–Kier alpha value is -7.47. The molecule has 4 aromatic carbocycles. The summed E-state index contributed by atoms with van der Waals surface area (Å²) in [6, 6.07) is 26.4. The van der Waals surface area contributed by atoms with Gasteiger partial charge in [0.2, 0.25) is 23.1 Å². The van der Waals surface area contributed by atoms with Crippen LogP contribution in [0.5, 0.6) is 0 Å². The Morgan fingerprint density at radius 3 is 1.12 bits per heavy atom. The molecule has 0 aliphatic rings. The second-order valence-electron chi connectivity index (χ2n) is 13.1. The van der Waals surface area contributed by atoms with Crippen LogP contribution in [0, 0.1) is 34.6 Å². The molecule has 0 spiro atoms. The zero-order valence-electron chi connectivity index (χ0n) is 35.9. The number of benzene rings is 4. The SMILES string of the molecule is CN(c1ccc(F)cc1)c1ncc(Br)cn1.CN(c1ccc(F)cc1)c1ncc(C#N)cn1.CN(c1ccc(F)cc1)c1ncc(C=O)cn1.CNc1ccc(F)cc1.Clc1ncc(Br)cn1. The van der Waals surface area contributed by atoms with E-state index in [1.807, 2.05) is 13.1 Å². The average molecular weight is 1060 g/mol. The predicted octanol–water partition coefficient (Wildman–Crippen LogP) is 11.4. The number of rotatable bonds is 8. The van der Waals surface area contributed by atoms with Gasteiger partial charge in [0.1, 0.15) is 29.3 Å². The molecule has 0 radical (unpaired) electrons. The zero-order chi connectivity index (χ0) is 48.7. The second kappa shape index (κ2) is 27.1. The maximum Gasteiger partial charge on any atom is 0.229 e. The van der Waals surface area contributed by atoms with Crippen LogP contribution in [0.4, 0.5) is 58.2 Å². The third kappa shape index (κ3) is 17.8. The highest BCUT2D eigenvalue weighted by Gasteiger charge is 2.09. The number of aldehydes is 1. The lowest BCUT2D eigenvalue weighted by atomic mass is 10.3. The number of halogens is 7. The minimum Gasteiger partial charge on any atom is -0.388 e. The van der Waals surface area contributed by atoms with Gasteiger partial charge in [-0.1, -0.05) is 0 Å². The van der Waals surface area contributed by atoms with E-state index in [1.165, 1.54) is 73.3 Å². The molecule has 0 bridgehead atoms. The third-order valence-electron chi connectivity index (χ3n) is 8.43. The molecule has 8 rings (SSSR count). The lowest BCUT2D eigenvalue weighted by molar-refractivity contribution is 0.112. The molecular weight excluding hydrogens is 1020 g/mol. The summed E-state index contributed by atoms with van der Waals surface area (Å²) in [7, 11) is 7.17. The number of nitrogens with one attached hydrogen (secondary N) is 1. The van der Waals surface area contributed by atoms with Crippen LogP contribution in [0.3, 0.4) is 0 Å². The van der Waals surface area contributed by atoms with Crippen LogP contribution in [-0.2, 0) is 0 Å². The summed E-state index contributed by atoms with van der Waals surface area (Å²) < 4.78 is 52.1. The van der Waals surface area contributed by atoms with Gasteiger partial charge in [-0.3, -0.25) is 4.79 Å². The Morgan fingerprint density at radius 1 is 0.522 bits per heavy atom. The van der Waals surface area contributed by atoms with Crippen LogP contribution in [0.2, 0.25) is 5.28 Å². The molecule has 0 fully saturated rings. The highest BCUT2D eigenvalue weighted by molar-refractivity contribution is 9.10. The summed E-state index contributed by atoms with van der Waals surface area (Å²) in [5.74, 6) is 0.428. The molecule has 21 heteroatoms. The van der Waals surface area contributed by atoms with Crippen LogP contribution in [-0.4, -0.2) is 74.3 Å². The van der Waals surface area contributed by atoms with Crippen molar-refractivity contribution >= 4 is 90.3 Å². The number of aromatic nitrogens is 8. The molecule has 0 atom stereocenters. The van der Waals surface area contributed by atoms with Crippen molar-refractivity contribution in [1.29, 1.82) is 5.26 Å². The number of hydrogen-bond donors (Lipinski definition) is 1. The molecule has 0 amide bonds. The Labute approximate surface area is 405 Å². The van der Waals surface area contributed by atoms with Gasteiger partial charge in [0, 0.05) is 88.1 Å². The van der Waals surface area contributed by atoms with E-state index in [0.29, 0.717) is 35.3 Å². The van der Waals surface area contributed by atoms with Crippen LogP contribution in [0.15, 0.2) is 156 Å². The van der Waals surface area contributed by atoms with Crippen molar-refractivity contribution in [2.24, 2.45) is 0 Å². The van der Waals surface area contributed by atoms with E-state index >= 15 is 0 Å². The van der Waals surface area contributed by atoms with Gasteiger partial charge >= 0.3 is 0 Å². The minimum absolute atomic E-state index is 0.200. The van der Waals surface area contributed by atoms with Crippen LogP contribution >= 0.6 is 43.5 Å². The number of carbonyl (C=O) groups excluding carboxylic acids is 1. The van der Waals surface area contributed by atoms with Gasteiger partial charge in [-0.15, -0.1) is 0 Å². The molecule has 1 N–H and O–H groups in total. The molecule has 14 nitrogen and oxygen atoms in total. The normalized spacial score (nSPS) is 9.76. The summed E-state index contributed by atoms with van der Waals surface area (Å²) >= 11 is 11.8. The standard InChI is InChI=1S/C12H9FN4.C12H10FN3O.C11H9BrFN3.C7H8FN.C4H2BrClN2/c1-17(11-4-2-10(13)3-5-11)12-15-7-9(6-14)8-16-12;1-16(11-4-2-10(13)3-5-11)12-14-6-9(8-17)7-15-12;1-16(10-4-2-9(13)3-5-10)11-14-6-8(12)7-15-11;1-9-7-4-2-6(8)3-5-7;5-3-1-7-4(6)8-2-3/h2-5,7-8H,1H3;2-8H,1H3;2-7H,1H3;2-5,9H,1H3;1-2H. The summed E-state index contributed by atoms with van der Waals surface area (Å²) in [5, 5.41) is 11.8. The van der Waals surface area contributed by atoms with E-state index in [9.17, 15) is 22.4 Å². The summed E-state index contributed by atoms with van der Waals surface area (Å²) in [6.45, 7) is 0. The van der Waals surface area contributed by atoms with Gasteiger partial charge < -0.3 is 20.0 Å². The quantitative estimate of drug-likeness (QED) is 0.0867. The average Bonchev–Trinajstić information content (AvgIpc) is 3.36. The lowest BCUT2D eigenvalue weighted by Crippen LogP contribution is -2.13. The maximum atomic E-state index is 12.8. The van der Waals surface area contributed by atoms with Crippen LogP contribution < -0.4 is 20.0 Å². The number of carbonyl (C=O) groups is 1. The van der Waals surface area contributed by atoms with E-state index in [-0.39, 0.29) is 28.6 Å². The summed E-state index contributed by atoms with van der Waals surface area (Å²) in [5.41, 5.74) is 4.13. The van der Waals surface area contributed by atoms with Gasteiger partial charge in [-0.2, -0.15) is 5.26 Å². The molecule has 8 aromatic rings. The fourth-order valence-corrected chi connectivity index (χ4v) is 5.36. The van der Waals surface area contributed by atoms with Gasteiger partial charge in [-0.05, 0) is 141 Å². The molecule has 0 aliphatic heterocycles. The predicted molar refractivity (Wildman–Crippen MR) is 258 cm³/mol. The Morgan fingerprint density at radius 2 is 0.821 bits per heavy atom. The van der Waals surface area contributed by atoms with Gasteiger partial charge in [0.25, 0.3) is 0 Å². The fourth-order valence-electron chi connectivity index (χ4n) is 4.85. The van der Waals surface area contributed by atoms with Crippen LogP contribution in [0.25, 0.3) is 0 Å². The summed E-state index contributed by atoms with van der Waals surface area (Å²) in [4.78, 5) is 47.5. The van der Waals surface area contributed by atoms with E-state index in [2.05, 4.69) is 77.0 Å². The van der Waals surface area contributed by atoms with Crippen molar-refractivity contribution < 1.29 is 22.4 Å². The van der Waals surface area contributed by atoms with Crippen molar-refractivity contribution in [3.8, 4) is 6.07 Å². The van der Waals surface area contributed by atoms with Gasteiger partial charge in [0.05, 0.1) is 32.5 Å². The molecular formula is C46H38Br2ClF4N13O. The molecule has 0 saturated carbocycles. The largest absolute Gasteiger partial charge is 0.388 e. The molecule has 4 aromatic heterocycles. The van der Waals surface area contributed by atoms with E-state index < -0.39 is 0 Å². The van der Waals surface area contributed by atoms with Crippen molar-refractivity contribution in [2.45, 2.75) is 0 Å². The van der Waals surface area contributed by atoms with Gasteiger partial charge in [-0.25, -0.2) is 57.4 Å². The molecule has 342 valence electrons. The number of nitriles is 1.